The van der Waals surface area contributed by atoms with Crippen LogP contribution in [0.2, 0.25) is 0 Å². The summed E-state index contributed by atoms with van der Waals surface area (Å²) in [6.45, 7) is 3.77. The molecule has 0 radical (unpaired) electrons. The predicted octanol–water partition coefficient (Wildman–Crippen LogP) is 1.96. The predicted molar refractivity (Wildman–Crippen MR) is 79.3 cm³/mol. The molecule has 2 heterocycles. The van der Waals surface area contributed by atoms with Crippen LogP contribution in [0.3, 0.4) is 0 Å². The number of benzene rings is 1. The van der Waals surface area contributed by atoms with Crippen molar-refractivity contribution in [3.8, 4) is 5.75 Å². The lowest BCUT2D eigenvalue weighted by Gasteiger charge is -2.26. The average molecular weight is 275 g/mol. The first-order chi connectivity index (χ1) is 9.72. The Labute approximate surface area is 119 Å². The Bertz CT molecular complexity index is 498. The standard InChI is InChI=1S/C15H21N3O2/c1-10-15(19)18-13-8-11(5-6-14(13)20-10)17-9-12-4-2-3-7-16-12/h5-6,8,10,12,16-17H,2-4,7,9H2,1H3,(H,18,19). The monoisotopic (exact) mass is 275 g/mol. The molecular weight excluding hydrogens is 254 g/mol. The van der Waals surface area contributed by atoms with Crippen LogP contribution in [0.15, 0.2) is 18.2 Å². The van der Waals surface area contributed by atoms with Gasteiger partial charge in [0.2, 0.25) is 0 Å². The van der Waals surface area contributed by atoms with Crippen LogP contribution >= 0.6 is 0 Å². The van der Waals surface area contributed by atoms with E-state index in [1.807, 2.05) is 18.2 Å². The van der Waals surface area contributed by atoms with E-state index in [1.54, 1.807) is 6.92 Å². The number of fused-ring (bicyclic) bond motifs is 1. The molecule has 3 N–H and O–H groups in total. The Morgan fingerprint density at radius 3 is 3.10 bits per heavy atom. The van der Waals surface area contributed by atoms with Crippen molar-refractivity contribution < 1.29 is 9.53 Å². The quantitative estimate of drug-likeness (QED) is 0.789. The molecule has 0 aromatic heterocycles. The Balaban J connectivity index is 1.63. The van der Waals surface area contributed by atoms with E-state index < -0.39 is 6.10 Å². The Kier molecular flexibility index (Phi) is 3.78. The molecule has 1 aromatic rings. The molecule has 5 nitrogen and oxygen atoms in total. The average Bonchev–Trinajstić information content (AvgIpc) is 2.47. The van der Waals surface area contributed by atoms with E-state index in [0.717, 1.165) is 30.2 Å². The smallest absolute Gasteiger partial charge is 0.265 e. The van der Waals surface area contributed by atoms with Gasteiger partial charge in [0.25, 0.3) is 5.91 Å². The van der Waals surface area contributed by atoms with Gasteiger partial charge in [-0.25, -0.2) is 0 Å². The van der Waals surface area contributed by atoms with Crippen molar-refractivity contribution in [2.75, 3.05) is 23.7 Å². The molecule has 1 amide bonds. The minimum Gasteiger partial charge on any atom is -0.479 e. The molecule has 0 spiro atoms. The summed E-state index contributed by atoms with van der Waals surface area (Å²) in [5.41, 5.74) is 1.75. The minimum atomic E-state index is -0.423. The van der Waals surface area contributed by atoms with Gasteiger partial charge in [0.1, 0.15) is 5.75 Å². The lowest BCUT2D eigenvalue weighted by Crippen LogP contribution is -2.39. The molecule has 20 heavy (non-hydrogen) atoms. The SMILES string of the molecule is CC1Oc2ccc(NCC3CCCCN3)cc2NC1=O. The van der Waals surface area contributed by atoms with Gasteiger partial charge >= 0.3 is 0 Å². The number of amides is 1. The lowest BCUT2D eigenvalue weighted by atomic mass is 10.1. The second kappa shape index (κ2) is 5.71. The van der Waals surface area contributed by atoms with Crippen LogP contribution in [-0.4, -0.2) is 31.1 Å². The summed E-state index contributed by atoms with van der Waals surface area (Å²) in [6, 6.07) is 6.36. The molecule has 108 valence electrons. The van der Waals surface area contributed by atoms with E-state index in [0.29, 0.717) is 6.04 Å². The molecule has 0 saturated carbocycles. The van der Waals surface area contributed by atoms with E-state index in [-0.39, 0.29) is 5.91 Å². The van der Waals surface area contributed by atoms with Crippen LogP contribution in [0.25, 0.3) is 0 Å². The number of piperidine rings is 1. The van der Waals surface area contributed by atoms with Crippen LogP contribution in [0.5, 0.6) is 5.75 Å². The highest BCUT2D eigenvalue weighted by molar-refractivity contribution is 5.98. The molecule has 1 aromatic carbocycles. The highest BCUT2D eigenvalue weighted by atomic mass is 16.5. The van der Waals surface area contributed by atoms with Gasteiger partial charge in [-0.3, -0.25) is 4.79 Å². The van der Waals surface area contributed by atoms with Gasteiger partial charge < -0.3 is 20.7 Å². The third-order valence-corrected chi connectivity index (χ3v) is 3.88. The molecule has 2 atom stereocenters. The van der Waals surface area contributed by atoms with Crippen molar-refractivity contribution in [1.29, 1.82) is 0 Å². The van der Waals surface area contributed by atoms with Gasteiger partial charge in [-0.15, -0.1) is 0 Å². The highest BCUT2D eigenvalue weighted by Gasteiger charge is 2.23. The number of rotatable bonds is 3. The van der Waals surface area contributed by atoms with E-state index in [1.165, 1.54) is 19.3 Å². The normalized spacial score (nSPS) is 25.4. The van der Waals surface area contributed by atoms with E-state index in [9.17, 15) is 4.79 Å². The van der Waals surface area contributed by atoms with E-state index in [4.69, 9.17) is 4.74 Å². The summed E-state index contributed by atoms with van der Waals surface area (Å²) >= 11 is 0. The largest absolute Gasteiger partial charge is 0.479 e. The van der Waals surface area contributed by atoms with E-state index >= 15 is 0 Å². The van der Waals surface area contributed by atoms with Crippen molar-refractivity contribution in [2.24, 2.45) is 0 Å². The van der Waals surface area contributed by atoms with Crippen molar-refractivity contribution in [2.45, 2.75) is 38.3 Å². The van der Waals surface area contributed by atoms with Crippen LogP contribution in [0.1, 0.15) is 26.2 Å². The summed E-state index contributed by atoms with van der Waals surface area (Å²) in [6.07, 6.45) is 3.37. The highest BCUT2D eigenvalue weighted by Crippen LogP contribution is 2.32. The summed E-state index contributed by atoms with van der Waals surface area (Å²) in [7, 11) is 0. The first kappa shape index (κ1) is 13.2. The fraction of sp³-hybridized carbons (Fsp3) is 0.533. The Hall–Kier alpha value is -1.75. The molecule has 1 saturated heterocycles. The Morgan fingerprint density at radius 2 is 2.30 bits per heavy atom. The fourth-order valence-electron chi connectivity index (χ4n) is 2.66. The second-order valence-electron chi connectivity index (χ2n) is 5.49. The molecule has 2 unspecified atom stereocenters. The van der Waals surface area contributed by atoms with Gasteiger partial charge in [0.05, 0.1) is 5.69 Å². The number of carbonyl (C=O) groups excluding carboxylic acids is 1. The zero-order valence-corrected chi connectivity index (χ0v) is 11.7. The zero-order chi connectivity index (χ0) is 13.9. The second-order valence-corrected chi connectivity index (χ2v) is 5.49. The van der Waals surface area contributed by atoms with Crippen LogP contribution < -0.4 is 20.7 Å². The first-order valence-electron chi connectivity index (χ1n) is 7.31. The number of hydrogen-bond donors (Lipinski definition) is 3. The molecule has 1 fully saturated rings. The van der Waals surface area contributed by atoms with E-state index in [2.05, 4.69) is 16.0 Å². The van der Waals surface area contributed by atoms with Gasteiger partial charge in [0, 0.05) is 18.3 Å². The third kappa shape index (κ3) is 2.88. The summed E-state index contributed by atoms with van der Waals surface area (Å²) < 4.78 is 5.54. The van der Waals surface area contributed by atoms with Gasteiger partial charge in [0.15, 0.2) is 6.10 Å². The molecular formula is C15H21N3O2. The van der Waals surface area contributed by atoms with Crippen LogP contribution in [-0.2, 0) is 4.79 Å². The first-order valence-corrected chi connectivity index (χ1v) is 7.31. The van der Waals surface area contributed by atoms with Crippen molar-refractivity contribution >= 4 is 17.3 Å². The molecule has 3 rings (SSSR count). The Morgan fingerprint density at radius 1 is 1.40 bits per heavy atom. The van der Waals surface area contributed by atoms with Crippen molar-refractivity contribution in [3.63, 3.8) is 0 Å². The third-order valence-electron chi connectivity index (χ3n) is 3.88. The molecule has 0 bridgehead atoms. The number of anilines is 2. The van der Waals surface area contributed by atoms with Gasteiger partial charge in [-0.05, 0) is 44.5 Å². The zero-order valence-electron chi connectivity index (χ0n) is 11.7. The molecule has 2 aliphatic rings. The van der Waals surface area contributed by atoms with Gasteiger partial charge in [-0.2, -0.15) is 0 Å². The van der Waals surface area contributed by atoms with Crippen molar-refractivity contribution in [3.05, 3.63) is 18.2 Å². The van der Waals surface area contributed by atoms with Gasteiger partial charge in [-0.1, -0.05) is 6.42 Å². The number of ether oxygens (including phenoxy) is 1. The molecule has 5 heteroatoms. The number of nitrogens with one attached hydrogen (secondary N) is 3. The molecule has 2 aliphatic heterocycles. The summed E-state index contributed by atoms with van der Waals surface area (Å²) in [5.74, 6) is 0.641. The number of hydrogen-bond acceptors (Lipinski definition) is 4. The number of carbonyl (C=O) groups is 1. The lowest BCUT2D eigenvalue weighted by molar-refractivity contribution is -0.122. The maximum atomic E-state index is 11.6. The minimum absolute atomic E-state index is 0.0939. The molecule has 0 aliphatic carbocycles. The maximum Gasteiger partial charge on any atom is 0.265 e. The summed E-state index contributed by atoms with van der Waals surface area (Å²) in [5, 5.41) is 9.80. The summed E-state index contributed by atoms with van der Waals surface area (Å²) in [4.78, 5) is 11.6. The fourth-order valence-corrected chi connectivity index (χ4v) is 2.66. The van der Waals surface area contributed by atoms with Crippen LogP contribution in [0.4, 0.5) is 11.4 Å². The van der Waals surface area contributed by atoms with Crippen LogP contribution in [0, 0.1) is 0 Å². The van der Waals surface area contributed by atoms with Crippen molar-refractivity contribution in [1.82, 2.24) is 5.32 Å². The maximum absolute atomic E-state index is 11.6. The topological polar surface area (TPSA) is 62.4 Å².